The summed E-state index contributed by atoms with van der Waals surface area (Å²) in [6.45, 7) is 0.238. The van der Waals surface area contributed by atoms with Gasteiger partial charge < -0.3 is 18.9 Å². The lowest BCUT2D eigenvalue weighted by Gasteiger charge is -2.22. The van der Waals surface area contributed by atoms with Crippen LogP contribution in [0.1, 0.15) is 28.8 Å². The highest BCUT2D eigenvalue weighted by Crippen LogP contribution is 2.41. The maximum absolute atomic E-state index is 12.2. The third-order valence-electron chi connectivity index (χ3n) is 3.06. The molecule has 6 heteroatoms. The lowest BCUT2D eigenvalue weighted by Crippen LogP contribution is -2.16. The summed E-state index contributed by atoms with van der Waals surface area (Å²) in [5, 5.41) is 0. The number of ketones is 1. The molecule has 2 rings (SSSR count). The van der Waals surface area contributed by atoms with Crippen molar-refractivity contribution < 1.29 is 23.7 Å². The Balaban J connectivity index is 2.45. The van der Waals surface area contributed by atoms with E-state index in [9.17, 15) is 4.79 Å². The molecule has 0 radical (unpaired) electrons. The van der Waals surface area contributed by atoms with Gasteiger partial charge in [-0.3, -0.25) is 4.79 Å². The van der Waals surface area contributed by atoms with Gasteiger partial charge in [-0.25, -0.2) is 0 Å². The monoisotopic (exact) mass is 344 g/mol. The van der Waals surface area contributed by atoms with E-state index in [0.717, 1.165) is 22.9 Å². The van der Waals surface area contributed by atoms with Crippen molar-refractivity contribution in [1.82, 2.24) is 0 Å². The summed E-state index contributed by atoms with van der Waals surface area (Å²) in [5.41, 5.74) is 1.47. The lowest BCUT2D eigenvalue weighted by atomic mass is 9.89. The Kier molecular flexibility index (Phi) is 5.39. The molecule has 0 fully saturated rings. The fraction of sp³-hybridized carbons (Fsp3) is 0.500. The minimum atomic E-state index is 0.0760. The van der Waals surface area contributed by atoms with Crippen molar-refractivity contribution in [2.45, 2.75) is 19.3 Å². The number of carbonyl (C=O) groups excluding carboxylic acids is 1. The lowest BCUT2D eigenvalue weighted by molar-refractivity contribution is 0.0462. The van der Waals surface area contributed by atoms with Crippen LogP contribution in [0.5, 0.6) is 11.5 Å². The van der Waals surface area contributed by atoms with E-state index in [1.54, 1.807) is 20.3 Å². The Morgan fingerprint density at radius 2 is 1.85 bits per heavy atom. The Bertz CT molecular complexity index is 501. The Morgan fingerprint density at radius 3 is 2.55 bits per heavy atom. The van der Waals surface area contributed by atoms with E-state index in [4.69, 9.17) is 18.9 Å². The quantitative estimate of drug-likeness (QED) is 0.742. The van der Waals surface area contributed by atoms with Gasteiger partial charge in [-0.15, -0.1) is 0 Å². The molecule has 0 heterocycles. The molecule has 0 bridgehead atoms. The Labute approximate surface area is 126 Å². The van der Waals surface area contributed by atoms with Crippen LogP contribution in [-0.2, 0) is 15.9 Å². The highest BCUT2D eigenvalue weighted by atomic mass is 79.9. The first-order valence-corrected chi connectivity index (χ1v) is 7.10. The number of Topliss-reactive ketones (excluding diaryl/α,β-unsaturated/α-hetero) is 1. The molecule has 0 saturated heterocycles. The molecule has 1 aliphatic carbocycles. The zero-order chi connectivity index (χ0) is 14.5. The molecular formula is C14H17BrO5. The number of hydrogen-bond donors (Lipinski definition) is 0. The Morgan fingerprint density at radius 1 is 1.15 bits per heavy atom. The predicted molar refractivity (Wildman–Crippen MR) is 76.4 cm³/mol. The van der Waals surface area contributed by atoms with Gasteiger partial charge in [0.25, 0.3) is 0 Å². The van der Waals surface area contributed by atoms with Crippen LogP contribution in [0.25, 0.3) is 0 Å². The average Bonchev–Trinajstić information content (AvgIpc) is 2.44. The van der Waals surface area contributed by atoms with Crippen LogP contribution in [0.4, 0.5) is 0 Å². The van der Waals surface area contributed by atoms with Crippen molar-refractivity contribution in [3.05, 3.63) is 21.7 Å². The van der Waals surface area contributed by atoms with Gasteiger partial charge in [-0.2, -0.15) is 0 Å². The van der Waals surface area contributed by atoms with E-state index in [0.29, 0.717) is 23.5 Å². The second-order valence-corrected chi connectivity index (χ2v) is 5.27. The SMILES string of the molecule is COCOc1cc(Br)c(OCOC)c2c1C(=O)CCC2. The summed E-state index contributed by atoms with van der Waals surface area (Å²) in [7, 11) is 3.10. The molecule has 110 valence electrons. The van der Waals surface area contributed by atoms with Gasteiger partial charge in [0, 0.05) is 26.2 Å². The minimum Gasteiger partial charge on any atom is -0.467 e. The first kappa shape index (κ1) is 15.3. The first-order valence-electron chi connectivity index (χ1n) is 6.31. The summed E-state index contributed by atoms with van der Waals surface area (Å²) in [4.78, 5) is 12.2. The highest BCUT2D eigenvalue weighted by Gasteiger charge is 2.27. The molecule has 5 nitrogen and oxygen atoms in total. The minimum absolute atomic E-state index is 0.0760. The van der Waals surface area contributed by atoms with E-state index < -0.39 is 0 Å². The van der Waals surface area contributed by atoms with Gasteiger partial charge in [0.1, 0.15) is 11.5 Å². The summed E-state index contributed by atoms with van der Waals surface area (Å²) in [5.74, 6) is 1.26. The number of ether oxygens (including phenoxy) is 4. The second-order valence-electron chi connectivity index (χ2n) is 4.42. The topological polar surface area (TPSA) is 54.0 Å². The van der Waals surface area contributed by atoms with Crippen molar-refractivity contribution in [1.29, 1.82) is 0 Å². The maximum atomic E-state index is 12.2. The van der Waals surface area contributed by atoms with Crippen LogP contribution in [0.3, 0.4) is 0 Å². The van der Waals surface area contributed by atoms with Crippen molar-refractivity contribution in [2.75, 3.05) is 27.8 Å². The summed E-state index contributed by atoms with van der Waals surface area (Å²) >= 11 is 3.46. The average molecular weight is 345 g/mol. The number of benzene rings is 1. The van der Waals surface area contributed by atoms with Crippen LogP contribution in [0.2, 0.25) is 0 Å². The van der Waals surface area contributed by atoms with Gasteiger partial charge in [-0.1, -0.05) is 0 Å². The molecule has 0 amide bonds. The molecule has 0 N–H and O–H groups in total. The van der Waals surface area contributed by atoms with Crippen LogP contribution in [0.15, 0.2) is 10.5 Å². The zero-order valence-corrected chi connectivity index (χ0v) is 13.1. The van der Waals surface area contributed by atoms with Gasteiger partial charge in [-0.05, 0) is 34.8 Å². The molecule has 0 saturated carbocycles. The highest BCUT2D eigenvalue weighted by molar-refractivity contribution is 9.10. The van der Waals surface area contributed by atoms with Crippen LogP contribution < -0.4 is 9.47 Å². The van der Waals surface area contributed by atoms with Gasteiger partial charge in [0.2, 0.25) is 0 Å². The van der Waals surface area contributed by atoms with E-state index >= 15 is 0 Å². The van der Waals surface area contributed by atoms with Gasteiger partial charge >= 0.3 is 0 Å². The smallest absolute Gasteiger partial charge is 0.188 e. The largest absolute Gasteiger partial charge is 0.467 e. The summed E-state index contributed by atoms with van der Waals surface area (Å²) < 4.78 is 21.7. The Hall–Kier alpha value is -1.11. The van der Waals surface area contributed by atoms with E-state index in [1.807, 2.05) is 0 Å². The molecule has 0 aliphatic heterocycles. The molecule has 1 aliphatic rings. The van der Waals surface area contributed by atoms with Crippen LogP contribution >= 0.6 is 15.9 Å². The third-order valence-corrected chi connectivity index (χ3v) is 3.65. The number of hydrogen-bond acceptors (Lipinski definition) is 5. The number of rotatable bonds is 6. The zero-order valence-electron chi connectivity index (χ0n) is 11.5. The third kappa shape index (κ3) is 3.13. The fourth-order valence-corrected chi connectivity index (χ4v) is 2.83. The number of fused-ring (bicyclic) bond motifs is 1. The van der Waals surface area contributed by atoms with Crippen molar-refractivity contribution in [3.8, 4) is 11.5 Å². The predicted octanol–water partition coefficient (Wildman–Crippen LogP) is 2.93. The van der Waals surface area contributed by atoms with Crippen molar-refractivity contribution in [2.24, 2.45) is 0 Å². The van der Waals surface area contributed by atoms with Crippen LogP contribution in [0, 0.1) is 0 Å². The van der Waals surface area contributed by atoms with Crippen LogP contribution in [-0.4, -0.2) is 33.6 Å². The van der Waals surface area contributed by atoms with Gasteiger partial charge in [0.05, 0.1) is 10.0 Å². The van der Waals surface area contributed by atoms with E-state index in [2.05, 4.69) is 15.9 Å². The molecule has 1 aromatic carbocycles. The van der Waals surface area contributed by atoms with Crippen molar-refractivity contribution in [3.63, 3.8) is 0 Å². The standard InChI is InChI=1S/C14H17BrO5/c1-17-7-19-12-6-10(15)14(20-8-18-2)9-4-3-5-11(16)13(9)12/h6H,3-5,7-8H2,1-2H3. The fourth-order valence-electron chi connectivity index (χ4n) is 2.26. The molecular weight excluding hydrogens is 328 g/mol. The molecule has 0 atom stereocenters. The first-order chi connectivity index (χ1) is 9.69. The summed E-state index contributed by atoms with van der Waals surface area (Å²) in [6.07, 6.45) is 2.12. The second kappa shape index (κ2) is 7.06. The molecule has 1 aromatic rings. The maximum Gasteiger partial charge on any atom is 0.188 e. The molecule has 20 heavy (non-hydrogen) atoms. The van der Waals surface area contributed by atoms with E-state index in [1.165, 1.54) is 0 Å². The van der Waals surface area contributed by atoms with Gasteiger partial charge in [0.15, 0.2) is 19.4 Å². The van der Waals surface area contributed by atoms with E-state index in [-0.39, 0.29) is 19.4 Å². The molecule has 0 unspecified atom stereocenters. The summed E-state index contributed by atoms with van der Waals surface area (Å²) in [6, 6.07) is 1.74. The molecule has 0 spiro atoms. The molecule has 0 aromatic heterocycles. The normalized spacial score (nSPS) is 14.1. The van der Waals surface area contributed by atoms with Crippen molar-refractivity contribution >= 4 is 21.7 Å². The number of halogens is 1. The number of methoxy groups -OCH3 is 2. The number of carbonyl (C=O) groups is 1.